The number of nitrogens with zero attached hydrogens (tertiary/aromatic N) is 1. The van der Waals surface area contributed by atoms with E-state index in [2.05, 4.69) is 4.98 Å². The first-order valence-electron chi connectivity index (χ1n) is 8.55. The molecule has 7 heteroatoms. The quantitative estimate of drug-likeness (QED) is 0.533. The second-order valence-corrected chi connectivity index (χ2v) is 6.11. The lowest BCUT2D eigenvalue weighted by Gasteiger charge is -2.16. The van der Waals surface area contributed by atoms with Gasteiger partial charge in [0.25, 0.3) is 0 Å². The number of carbonyl (C=O) groups is 2. The molecule has 7 nitrogen and oxygen atoms in total. The average molecular weight is 373 g/mol. The topological polar surface area (TPSA) is 95.0 Å². The fourth-order valence-corrected chi connectivity index (χ4v) is 2.37. The lowest BCUT2D eigenvalue weighted by Crippen LogP contribution is -2.25. The minimum Gasteiger partial charge on any atom is -0.503 e. The monoisotopic (exact) mass is 373 g/mol. The molecule has 0 fully saturated rings. The van der Waals surface area contributed by atoms with Gasteiger partial charge in [0.15, 0.2) is 23.0 Å². The number of ether oxygens (including phenoxy) is 3. The Bertz CT molecular complexity index is 777. The molecule has 0 saturated heterocycles. The van der Waals surface area contributed by atoms with Gasteiger partial charge in [-0.05, 0) is 19.1 Å². The van der Waals surface area contributed by atoms with Crippen molar-refractivity contribution < 1.29 is 28.9 Å². The smallest absolute Gasteiger partial charge is 0.309 e. The molecule has 0 aliphatic rings. The van der Waals surface area contributed by atoms with Crippen LogP contribution in [-0.2, 0) is 9.53 Å². The van der Waals surface area contributed by atoms with Crippen molar-refractivity contribution >= 4 is 11.8 Å². The molecule has 0 radical (unpaired) electrons. The minimum atomic E-state index is -0.686. The zero-order valence-corrected chi connectivity index (χ0v) is 15.5. The summed E-state index contributed by atoms with van der Waals surface area (Å²) in [6.07, 6.45) is 0.890. The SMILES string of the molecule is COc1ccnc(C(=O)C[C@@H](C)C(=O)OC[C@H](C)Oc2ccccc2)c1O. The summed E-state index contributed by atoms with van der Waals surface area (Å²) >= 11 is 0. The van der Waals surface area contributed by atoms with E-state index in [1.165, 1.54) is 19.4 Å². The summed E-state index contributed by atoms with van der Waals surface area (Å²) in [6, 6.07) is 10.6. The Hall–Kier alpha value is -3.09. The van der Waals surface area contributed by atoms with E-state index >= 15 is 0 Å². The maximum Gasteiger partial charge on any atom is 0.309 e. The maximum absolute atomic E-state index is 12.3. The van der Waals surface area contributed by atoms with Crippen molar-refractivity contribution in [1.82, 2.24) is 4.98 Å². The molecule has 2 aromatic rings. The van der Waals surface area contributed by atoms with Gasteiger partial charge in [-0.1, -0.05) is 25.1 Å². The highest BCUT2D eigenvalue weighted by molar-refractivity contribution is 5.99. The fourth-order valence-electron chi connectivity index (χ4n) is 2.37. The van der Waals surface area contributed by atoms with Crippen molar-refractivity contribution in [1.29, 1.82) is 0 Å². The van der Waals surface area contributed by atoms with Gasteiger partial charge in [0.05, 0.1) is 13.0 Å². The van der Waals surface area contributed by atoms with Crippen LogP contribution in [0.4, 0.5) is 0 Å². The summed E-state index contributed by atoms with van der Waals surface area (Å²) < 4.78 is 15.8. The molecule has 0 bridgehead atoms. The molecule has 27 heavy (non-hydrogen) atoms. The van der Waals surface area contributed by atoms with Crippen molar-refractivity contribution in [3.8, 4) is 17.2 Å². The van der Waals surface area contributed by atoms with Crippen LogP contribution >= 0.6 is 0 Å². The largest absolute Gasteiger partial charge is 0.503 e. The Kier molecular flexibility index (Phi) is 7.16. The highest BCUT2D eigenvalue weighted by Gasteiger charge is 2.24. The molecule has 0 spiro atoms. The molecule has 0 aliphatic heterocycles. The van der Waals surface area contributed by atoms with Crippen molar-refractivity contribution in [2.45, 2.75) is 26.4 Å². The summed E-state index contributed by atoms with van der Waals surface area (Å²) in [6.45, 7) is 3.43. The van der Waals surface area contributed by atoms with E-state index in [1.54, 1.807) is 13.8 Å². The molecule has 1 N–H and O–H groups in total. The molecule has 1 aromatic carbocycles. The van der Waals surface area contributed by atoms with Crippen LogP contribution in [0.25, 0.3) is 0 Å². The third-order valence-corrected chi connectivity index (χ3v) is 3.81. The Morgan fingerprint density at radius 3 is 2.52 bits per heavy atom. The van der Waals surface area contributed by atoms with Crippen LogP contribution in [0.15, 0.2) is 42.6 Å². The van der Waals surface area contributed by atoms with Crippen LogP contribution in [0.2, 0.25) is 0 Å². The number of methoxy groups -OCH3 is 1. The molecule has 0 unspecified atom stereocenters. The Morgan fingerprint density at radius 1 is 1.15 bits per heavy atom. The van der Waals surface area contributed by atoms with Gasteiger partial charge in [-0.15, -0.1) is 0 Å². The number of rotatable bonds is 9. The average Bonchev–Trinajstić information content (AvgIpc) is 2.66. The molecule has 2 atom stereocenters. The molecule has 0 saturated carbocycles. The molecular formula is C20H23NO6. The first-order chi connectivity index (χ1) is 12.9. The van der Waals surface area contributed by atoms with Gasteiger partial charge in [-0.25, -0.2) is 4.98 Å². The number of pyridine rings is 1. The zero-order chi connectivity index (χ0) is 19.8. The van der Waals surface area contributed by atoms with Gasteiger partial charge in [0, 0.05) is 18.7 Å². The standard InChI is InChI=1S/C20H23NO6/c1-13(11-16(22)18-19(23)17(25-3)9-10-21-18)20(24)26-12-14(2)27-15-7-5-4-6-8-15/h4-10,13-14,23H,11-12H2,1-3H3/t13-,14+/m1/s1. The number of para-hydroxylation sites is 1. The lowest BCUT2D eigenvalue weighted by molar-refractivity contribution is -0.150. The molecule has 1 heterocycles. The lowest BCUT2D eigenvalue weighted by atomic mass is 10.0. The summed E-state index contributed by atoms with van der Waals surface area (Å²) in [5, 5.41) is 9.99. The summed E-state index contributed by atoms with van der Waals surface area (Å²) in [4.78, 5) is 28.3. The summed E-state index contributed by atoms with van der Waals surface area (Å²) in [7, 11) is 1.38. The van der Waals surface area contributed by atoms with E-state index in [1.807, 2.05) is 30.3 Å². The fraction of sp³-hybridized carbons (Fsp3) is 0.350. The molecule has 0 aliphatic carbocycles. The molecule has 144 valence electrons. The number of aromatic nitrogens is 1. The number of carbonyl (C=O) groups excluding carboxylic acids is 2. The van der Waals surface area contributed by atoms with Gasteiger partial charge in [-0.3, -0.25) is 9.59 Å². The first kappa shape index (κ1) is 20.2. The van der Waals surface area contributed by atoms with Crippen LogP contribution in [0, 0.1) is 5.92 Å². The number of esters is 1. The number of Topliss-reactive ketones (excluding diaryl/α,β-unsaturated/α-hetero) is 1. The second kappa shape index (κ2) is 9.56. The molecule has 1 aromatic heterocycles. The van der Waals surface area contributed by atoms with Gasteiger partial charge in [0.2, 0.25) is 0 Å². The first-order valence-corrected chi connectivity index (χ1v) is 8.55. The van der Waals surface area contributed by atoms with E-state index in [-0.39, 0.29) is 36.3 Å². The van der Waals surface area contributed by atoms with Crippen LogP contribution < -0.4 is 9.47 Å². The third kappa shape index (κ3) is 5.70. The summed E-state index contributed by atoms with van der Waals surface area (Å²) in [5.41, 5.74) is -0.130. The maximum atomic E-state index is 12.3. The number of hydrogen-bond donors (Lipinski definition) is 1. The highest BCUT2D eigenvalue weighted by Crippen LogP contribution is 2.29. The second-order valence-electron chi connectivity index (χ2n) is 6.11. The van der Waals surface area contributed by atoms with Crippen LogP contribution in [0.3, 0.4) is 0 Å². The van der Waals surface area contributed by atoms with Crippen molar-refractivity contribution in [2.75, 3.05) is 13.7 Å². The number of hydrogen-bond acceptors (Lipinski definition) is 7. The summed E-state index contributed by atoms with van der Waals surface area (Å²) in [5.74, 6) is -1.18. The normalized spacial score (nSPS) is 12.7. The molecular weight excluding hydrogens is 350 g/mol. The molecule has 2 rings (SSSR count). The van der Waals surface area contributed by atoms with Crippen LogP contribution in [-0.4, -0.2) is 41.7 Å². The van der Waals surface area contributed by atoms with Crippen molar-refractivity contribution in [2.24, 2.45) is 5.92 Å². The van der Waals surface area contributed by atoms with Gasteiger partial charge in [0.1, 0.15) is 18.5 Å². The van der Waals surface area contributed by atoms with Gasteiger partial charge in [-0.2, -0.15) is 0 Å². The number of aromatic hydroxyl groups is 1. The van der Waals surface area contributed by atoms with Crippen molar-refractivity contribution in [3.63, 3.8) is 0 Å². The van der Waals surface area contributed by atoms with E-state index in [4.69, 9.17) is 14.2 Å². The highest BCUT2D eigenvalue weighted by atomic mass is 16.6. The van der Waals surface area contributed by atoms with Gasteiger partial charge < -0.3 is 19.3 Å². The van der Waals surface area contributed by atoms with E-state index in [9.17, 15) is 14.7 Å². The predicted octanol–water partition coefficient (Wildman–Crippen LogP) is 3.02. The Balaban J connectivity index is 1.85. The third-order valence-electron chi connectivity index (χ3n) is 3.81. The van der Waals surface area contributed by atoms with Gasteiger partial charge >= 0.3 is 5.97 Å². The van der Waals surface area contributed by atoms with Crippen molar-refractivity contribution in [3.05, 3.63) is 48.3 Å². The molecule has 0 amide bonds. The zero-order valence-electron chi connectivity index (χ0n) is 15.5. The van der Waals surface area contributed by atoms with Crippen LogP contribution in [0.5, 0.6) is 17.2 Å². The number of benzene rings is 1. The van der Waals surface area contributed by atoms with E-state index in [0.29, 0.717) is 5.75 Å². The Morgan fingerprint density at radius 2 is 1.85 bits per heavy atom. The number of ketones is 1. The van der Waals surface area contributed by atoms with E-state index < -0.39 is 17.7 Å². The Labute approximate surface area is 157 Å². The van der Waals surface area contributed by atoms with Crippen LogP contribution in [0.1, 0.15) is 30.8 Å². The predicted molar refractivity (Wildman–Crippen MR) is 98.1 cm³/mol. The minimum absolute atomic E-state index is 0.0644. The van der Waals surface area contributed by atoms with E-state index in [0.717, 1.165) is 0 Å².